The van der Waals surface area contributed by atoms with E-state index in [1.54, 1.807) is 35.4 Å². The van der Waals surface area contributed by atoms with Gasteiger partial charge in [-0.15, -0.1) is 0 Å². The third kappa shape index (κ3) is 3.56. The molecule has 1 aliphatic heterocycles. The van der Waals surface area contributed by atoms with Crippen LogP contribution in [-0.4, -0.2) is 49.0 Å². The zero-order valence-electron chi connectivity index (χ0n) is 14.7. The number of rotatable bonds is 4. The van der Waals surface area contributed by atoms with Crippen molar-refractivity contribution in [2.45, 2.75) is 12.5 Å². The topological polar surface area (TPSA) is 116 Å². The van der Waals surface area contributed by atoms with Crippen molar-refractivity contribution >= 4 is 17.5 Å². The number of nitrogens with one attached hydrogen (secondary N) is 1. The summed E-state index contributed by atoms with van der Waals surface area (Å²) in [5.74, 6) is 1.03. The number of anilines is 3. The van der Waals surface area contributed by atoms with E-state index < -0.39 is 0 Å². The van der Waals surface area contributed by atoms with E-state index in [0.29, 0.717) is 42.5 Å². The fourth-order valence-corrected chi connectivity index (χ4v) is 3.06. The van der Waals surface area contributed by atoms with Crippen LogP contribution in [0.15, 0.2) is 36.9 Å². The van der Waals surface area contributed by atoms with Crippen LogP contribution in [0.2, 0.25) is 0 Å². The number of β-amino-alcohol motifs (C(OH)–C–C–N with tert-alkyl or cyclic N) is 1. The molecule has 1 atom stereocenters. The molecule has 4 heterocycles. The summed E-state index contributed by atoms with van der Waals surface area (Å²) in [6, 6.07) is 5.74. The summed E-state index contributed by atoms with van der Waals surface area (Å²) in [5.41, 5.74) is 2.63. The molecule has 1 unspecified atom stereocenters. The zero-order chi connectivity index (χ0) is 18.8. The quantitative estimate of drug-likeness (QED) is 0.716. The number of pyridine rings is 1. The van der Waals surface area contributed by atoms with Crippen LogP contribution in [0.4, 0.5) is 17.5 Å². The number of hydrogen-bond donors (Lipinski definition) is 2. The van der Waals surface area contributed by atoms with E-state index in [0.717, 1.165) is 11.3 Å². The monoisotopic (exact) mass is 362 g/mol. The lowest BCUT2D eigenvalue weighted by Gasteiger charge is -2.18. The van der Waals surface area contributed by atoms with E-state index >= 15 is 0 Å². The van der Waals surface area contributed by atoms with Gasteiger partial charge in [0.25, 0.3) is 0 Å². The molecule has 1 saturated heterocycles. The Kier molecular flexibility index (Phi) is 4.40. The average molecular weight is 362 g/mol. The molecule has 0 aromatic carbocycles. The predicted octanol–water partition coefficient (Wildman–Crippen LogP) is 1.46. The summed E-state index contributed by atoms with van der Waals surface area (Å²) < 4.78 is 1.68. The highest BCUT2D eigenvalue weighted by molar-refractivity contribution is 5.67. The molecule has 0 bridgehead atoms. The lowest BCUT2D eigenvalue weighted by Crippen LogP contribution is -2.23. The first-order valence-electron chi connectivity index (χ1n) is 8.54. The summed E-state index contributed by atoms with van der Waals surface area (Å²) >= 11 is 0. The van der Waals surface area contributed by atoms with Crippen molar-refractivity contribution in [2.24, 2.45) is 7.05 Å². The molecule has 0 radical (unpaired) electrons. The number of aryl methyl sites for hydroxylation is 1. The maximum absolute atomic E-state index is 9.73. The van der Waals surface area contributed by atoms with E-state index in [1.165, 1.54) is 0 Å². The summed E-state index contributed by atoms with van der Waals surface area (Å²) in [5, 5.41) is 26.5. The van der Waals surface area contributed by atoms with Crippen LogP contribution in [-0.2, 0) is 7.05 Å². The molecule has 3 aromatic heterocycles. The summed E-state index contributed by atoms with van der Waals surface area (Å²) in [6.45, 7) is 1.18. The van der Waals surface area contributed by atoms with Crippen LogP contribution < -0.4 is 10.2 Å². The smallest absolute Gasteiger partial charge is 0.227 e. The molecule has 1 fully saturated rings. The number of aromatic nitrogens is 5. The lowest BCUT2D eigenvalue weighted by atomic mass is 10.1. The Morgan fingerprint density at radius 1 is 1.33 bits per heavy atom. The van der Waals surface area contributed by atoms with Crippen molar-refractivity contribution in [3.8, 4) is 17.3 Å². The van der Waals surface area contributed by atoms with Gasteiger partial charge in [-0.2, -0.15) is 10.4 Å². The fourth-order valence-electron chi connectivity index (χ4n) is 3.06. The van der Waals surface area contributed by atoms with Gasteiger partial charge in [-0.3, -0.25) is 4.68 Å². The van der Waals surface area contributed by atoms with E-state index in [-0.39, 0.29) is 6.10 Å². The van der Waals surface area contributed by atoms with Crippen molar-refractivity contribution in [1.29, 1.82) is 5.26 Å². The maximum Gasteiger partial charge on any atom is 0.227 e. The van der Waals surface area contributed by atoms with Crippen LogP contribution in [0.25, 0.3) is 11.3 Å². The average Bonchev–Trinajstić information content (AvgIpc) is 3.29. The molecule has 2 N–H and O–H groups in total. The van der Waals surface area contributed by atoms with E-state index in [1.807, 2.05) is 18.1 Å². The number of nitriles is 1. The van der Waals surface area contributed by atoms with Gasteiger partial charge in [0.2, 0.25) is 5.95 Å². The molecule has 27 heavy (non-hydrogen) atoms. The van der Waals surface area contributed by atoms with Gasteiger partial charge in [-0.1, -0.05) is 0 Å². The van der Waals surface area contributed by atoms with Crippen molar-refractivity contribution < 1.29 is 5.11 Å². The Balaban J connectivity index is 1.61. The van der Waals surface area contributed by atoms with Gasteiger partial charge in [0, 0.05) is 44.3 Å². The first kappa shape index (κ1) is 16.9. The van der Waals surface area contributed by atoms with E-state index in [9.17, 15) is 10.4 Å². The number of nitrogens with zero attached hydrogens (tertiary/aromatic N) is 7. The predicted molar refractivity (Wildman–Crippen MR) is 99.3 cm³/mol. The zero-order valence-corrected chi connectivity index (χ0v) is 14.7. The summed E-state index contributed by atoms with van der Waals surface area (Å²) in [4.78, 5) is 15.1. The number of aliphatic hydroxyl groups excluding tert-OH is 1. The van der Waals surface area contributed by atoms with Gasteiger partial charge in [-0.05, 0) is 18.6 Å². The first-order valence-corrected chi connectivity index (χ1v) is 8.54. The first-order chi connectivity index (χ1) is 13.1. The minimum Gasteiger partial charge on any atom is -0.391 e. The molecular weight excluding hydrogens is 344 g/mol. The standard InChI is InChI=1S/C18H18N8O/c1-25-10-14(9-22-25)23-18-20-4-2-16(24-18)13-6-12(7-19)17(21-8-13)26-5-3-15(27)11-26/h2,4,6,8-10,15,27H,3,5,11H2,1H3,(H,20,23,24). The van der Waals surface area contributed by atoms with Gasteiger partial charge in [0.15, 0.2) is 0 Å². The lowest BCUT2D eigenvalue weighted by molar-refractivity contribution is 0.198. The third-order valence-electron chi connectivity index (χ3n) is 4.36. The van der Waals surface area contributed by atoms with E-state index in [2.05, 4.69) is 31.4 Å². The molecule has 4 rings (SSSR count). The minimum absolute atomic E-state index is 0.374. The highest BCUT2D eigenvalue weighted by Crippen LogP contribution is 2.26. The maximum atomic E-state index is 9.73. The fraction of sp³-hybridized carbons (Fsp3) is 0.278. The van der Waals surface area contributed by atoms with Gasteiger partial charge < -0.3 is 15.3 Å². The van der Waals surface area contributed by atoms with Crippen LogP contribution in [0, 0.1) is 11.3 Å². The second-order valence-corrected chi connectivity index (χ2v) is 6.39. The Morgan fingerprint density at radius 2 is 2.22 bits per heavy atom. The highest BCUT2D eigenvalue weighted by Gasteiger charge is 2.23. The van der Waals surface area contributed by atoms with Gasteiger partial charge in [0.1, 0.15) is 11.9 Å². The molecular formula is C18H18N8O. The van der Waals surface area contributed by atoms with Gasteiger partial charge >= 0.3 is 0 Å². The normalized spacial score (nSPS) is 16.3. The molecule has 9 nitrogen and oxygen atoms in total. The van der Waals surface area contributed by atoms with Crippen molar-refractivity contribution in [3.05, 3.63) is 42.5 Å². The number of hydrogen-bond acceptors (Lipinski definition) is 8. The summed E-state index contributed by atoms with van der Waals surface area (Å²) in [7, 11) is 1.83. The van der Waals surface area contributed by atoms with E-state index in [4.69, 9.17) is 0 Å². The Bertz CT molecular complexity index is 1010. The number of aliphatic hydroxyl groups is 1. The SMILES string of the molecule is Cn1cc(Nc2nccc(-c3cnc(N4CCC(O)C4)c(C#N)c3)n2)cn1. The molecule has 1 aliphatic rings. The minimum atomic E-state index is -0.374. The van der Waals surface area contributed by atoms with Gasteiger partial charge in [0.05, 0.1) is 29.2 Å². The second kappa shape index (κ2) is 7.01. The molecule has 0 amide bonds. The Hall–Kier alpha value is -3.51. The highest BCUT2D eigenvalue weighted by atomic mass is 16.3. The molecule has 3 aromatic rings. The molecule has 9 heteroatoms. The third-order valence-corrected chi connectivity index (χ3v) is 4.36. The molecule has 0 saturated carbocycles. The summed E-state index contributed by atoms with van der Waals surface area (Å²) in [6.07, 6.45) is 7.16. The Labute approximate surface area is 155 Å². The van der Waals surface area contributed by atoms with Crippen LogP contribution >= 0.6 is 0 Å². The van der Waals surface area contributed by atoms with Crippen LogP contribution in [0.1, 0.15) is 12.0 Å². The molecule has 0 aliphatic carbocycles. The molecule has 0 spiro atoms. The van der Waals surface area contributed by atoms with Crippen LogP contribution in [0.3, 0.4) is 0 Å². The van der Waals surface area contributed by atoms with Gasteiger partial charge in [-0.25, -0.2) is 15.0 Å². The second-order valence-electron chi connectivity index (χ2n) is 6.39. The van der Waals surface area contributed by atoms with Crippen LogP contribution in [0.5, 0.6) is 0 Å². The van der Waals surface area contributed by atoms with Crippen molar-refractivity contribution in [3.63, 3.8) is 0 Å². The largest absolute Gasteiger partial charge is 0.391 e. The van der Waals surface area contributed by atoms with Crippen molar-refractivity contribution in [1.82, 2.24) is 24.7 Å². The Morgan fingerprint density at radius 3 is 2.93 bits per heavy atom. The molecule has 136 valence electrons. The van der Waals surface area contributed by atoms with Crippen molar-refractivity contribution in [2.75, 3.05) is 23.3 Å².